The number of benzene rings is 1. The Hall–Kier alpha value is -1.20. The summed E-state index contributed by atoms with van der Waals surface area (Å²) in [6.45, 7) is 1.89. The largest absolute Gasteiger partial charge is 0.298 e. The van der Waals surface area contributed by atoms with E-state index in [1.165, 1.54) is 0 Å². The van der Waals surface area contributed by atoms with Crippen LogP contribution in [0.4, 0.5) is 0 Å². The van der Waals surface area contributed by atoms with E-state index in [9.17, 15) is 13.2 Å². The summed E-state index contributed by atoms with van der Waals surface area (Å²) in [5.41, 5.74) is 1.00. The van der Waals surface area contributed by atoms with E-state index in [4.69, 9.17) is 0 Å². The van der Waals surface area contributed by atoms with Gasteiger partial charge in [-0.2, -0.15) is 0 Å². The molecule has 1 aromatic carbocycles. The normalized spacial score (nSPS) is 20.8. The van der Waals surface area contributed by atoms with Crippen molar-refractivity contribution in [1.82, 2.24) is 4.72 Å². The first-order valence-electron chi connectivity index (χ1n) is 5.61. The Kier molecular flexibility index (Phi) is 3.31. The van der Waals surface area contributed by atoms with Crippen molar-refractivity contribution in [1.29, 1.82) is 0 Å². The maximum atomic E-state index is 12.0. The molecule has 0 aromatic heterocycles. The van der Waals surface area contributed by atoms with Gasteiger partial charge in [0.15, 0.2) is 5.78 Å². The summed E-state index contributed by atoms with van der Waals surface area (Å²) in [6, 6.07) is 6.05. The Morgan fingerprint density at radius 1 is 1.24 bits per heavy atom. The Bertz CT molecular complexity index is 519. The van der Waals surface area contributed by atoms with Crippen LogP contribution >= 0.6 is 0 Å². The van der Waals surface area contributed by atoms with Gasteiger partial charge >= 0.3 is 0 Å². The summed E-state index contributed by atoms with van der Waals surface area (Å²) in [6.07, 6.45) is 1.84. The average Bonchev–Trinajstić information content (AvgIpc) is 2.64. The highest BCUT2D eigenvalue weighted by Crippen LogP contribution is 2.17. The first kappa shape index (κ1) is 12.3. The van der Waals surface area contributed by atoms with Gasteiger partial charge in [-0.1, -0.05) is 17.7 Å². The monoisotopic (exact) mass is 253 g/mol. The van der Waals surface area contributed by atoms with Gasteiger partial charge in [-0.05, 0) is 31.9 Å². The summed E-state index contributed by atoms with van der Waals surface area (Å²) < 4.78 is 26.4. The number of ketones is 1. The molecule has 4 nitrogen and oxygen atoms in total. The third-order valence-electron chi connectivity index (χ3n) is 2.93. The number of nitrogens with one attached hydrogen (secondary N) is 1. The summed E-state index contributed by atoms with van der Waals surface area (Å²) in [7, 11) is -3.56. The Morgan fingerprint density at radius 3 is 2.41 bits per heavy atom. The standard InChI is InChI=1S/C12H15NO3S/c1-9-5-7-10(8-6-9)17(15,16)13-11-3-2-4-12(11)14/h5-8,11,13H,2-4H2,1H3. The number of hydrogen-bond donors (Lipinski definition) is 1. The van der Waals surface area contributed by atoms with Crippen LogP contribution in [-0.2, 0) is 14.8 Å². The Balaban J connectivity index is 2.19. The van der Waals surface area contributed by atoms with Crippen LogP contribution in [-0.4, -0.2) is 20.2 Å². The lowest BCUT2D eigenvalue weighted by molar-refractivity contribution is -0.118. The minimum atomic E-state index is -3.56. The molecule has 0 amide bonds. The second-order valence-electron chi connectivity index (χ2n) is 4.35. The van der Waals surface area contributed by atoms with Crippen LogP contribution < -0.4 is 4.72 Å². The molecule has 0 heterocycles. The molecule has 2 rings (SSSR count). The third-order valence-corrected chi connectivity index (χ3v) is 4.42. The average molecular weight is 253 g/mol. The van der Waals surface area contributed by atoms with Crippen LogP contribution in [0.15, 0.2) is 29.2 Å². The van der Waals surface area contributed by atoms with Gasteiger partial charge in [-0.25, -0.2) is 13.1 Å². The molecule has 0 spiro atoms. The van der Waals surface area contributed by atoms with Crippen molar-refractivity contribution >= 4 is 15.8 Å². The molecule has 92 valence electrons. The third kappa shape index (κ3) is 2.73. The van der Waals surface area contributed by atoms with E-state index >= 15 is 0 Å². The maximum Gasteiger partial charge on any atom is 0.241 e. The minimum Gasteiger partial charge on any atom is -0.298 e. The number of carbonyl (C=O) groups excluding carboxylic acids is 1. The summed E-state index contributed by atoms with van der Waals surface area (Å²) in [4.78, 5) is 11.6. The molecular formula is C12H15NO3S. The highest BCUT2D eigenvalue weighted by molar-refractivity contribution is 7.89. The van der Waals surface area contributed by atoms with E-state index in [1.54, 1.807) is 24.3 Å². The lowest BCUT2D eigenvalue weighted by Gasteiger charge is -2.11. The van der Waals surface area contributed by atoms with E-state index in [0.717, 1.165) is 12.0 Å². The summed E-state index contributed by atoms with van der Waals surface area (Å²) in [5, 5.41) is 0. The van der Waals surface area contributed by atoms with Gasteiger partial charge in [0.25, 0.3) is 0 Å². The van der Waals surface area contributed by atoms with Crippen LogP contribution in [0.1, 0.15) is 24.8 Å². The van der Waals surface area contributed by atoms with Crippen molar-refractivity contribution in [3.05, 3.63) is 29.8 Å². The lowest BCUT2D eigenvalue weighted by Crippen LogP contribution is -2.37. The van der Waals surface area contributed by atoms with Crippen molar-refractivity contribution in [3.63, 3.8) is 0 Å². The zero-order valence-corrected chi connectivity index (χ0v) is 10.5. The van der Waals surface area contributed by atoms with Gasteiger partial charge in [-0.15, -0.1) is 0 Å². The van der Waals surface area contributed by atoms with Crippen LogP contribution in [0.3, 0.4) is 0 Å². The second-order valence-corrected chi connectivity index (χ2v) is 6.06. The molecular weight excluding hydrogens is 238 g/mol. The van der Waals surface area contributed by atoms with E-state index in [0.29, 0.717) is 12.8 Å². The fourth-order valence-electron chi connectivity index (χ4n) is 1.91. The molecule has 17 heavy (non-hydrogen) atoms. The molecule has 0 bridgehead atoms. The van der Waals surface area contributed by atoms with Crippen LogP contribution in [0.25, 0.3) is 0 Å². The lowest BCUT2D eigenvalue weighted by atomic mass is 10.2. The first-order valence-corrected chi connectivity index (χ1v) is 7.09. The van der Waals surface area contributed by atoms with Crippen molar-refractivity contribution in [2.75, 3.05) is 0 Å². The van der Waals surface area contributed by atoms with Crippen molar-refractivity contribution in [3.8, 4) is 0 Å². The second kappa shape index (κ2) is 4.58. The Morgan fingerprint density at radius 2 is 1.88 bits per heavy atom. The summed E-state index contributed by atoms with van der Waals surface area (Å²) >= 11 is 0. The molecule has 0 aliphatic heterocycles. The molecule has 1 aromatic rings. The van der Waals surface area contributed by atoms with Crippen molar-refractivity contribution in [2.24, 2.45) is 0 Å². The van der Waals surface area contributed by atoms with Crippen molar-refractivity contribution in [2.45, 2.75) is 37.1 Å². The zero-order valence-electron chi connectivity index (χ0n) is 9.64. The van der Waals surface area contributed by atoms with Crippen molar-refractivity contribution < 1.29 is 13.2 Å². The van der Waals surface area contributed by atoms with Gasteiger partial charge in [0.2, 0.25) is 10.0 Å². The van der Waals surface area contributed by atoms with Crippen LogP contribution in [0.5, 0.6) is 0 Å². The molecule has 1 atom stereocenters. The first-order chi connectivity index (χ1) is 7.99. The number of carbonyl (C=O) groups is 1. The van der Waals surface area contributed by atoms with Gasteiger partial charge in [-0.3, -0.25) is 4.79 Å². The predicted octanol–water partition coefficient (Wildman–Crippen LogP) is 1.39. The highest BCUT2D eigenvalue weighted by atomic mass is 32.2. The number of aryl methyl sites for hydroxylation is 1. The minimum absolute atomic E-state index is 0.0133. The molecule has 1 N–H and O–H groups in total. The van der Waals surface area contributed by atoms with Gasteiger partial charge in [0, 0.05) is 6.42 Å². The number of hydrogen-bond acceptors (Lipinski definition) is 3. The quantitative estimate of drug-likeness (QED) is 0.885. The SMILES string of the molecule is Cc1ccc(S(=O)(=O)NC2CCCC2=O)cc1. The molecule has 0 radical (unpaired) electrons. The molecule has 1 fully saturated rings. The van der Waals surface area contributed by atoms with E-state index < -0.39 is 16.1 Å². The number of rotatable bonds is 3. The highest BCUT2D eigenvalue weighted by Gasteiger charge is 2.29. The smallest absolute Gasteiger partial charge is 0.241 e. The molecule has 5 heteroatoms. The van der Waals surface area contributed by atoms with Gasteiger partial charge in [0.1, 0.15) is 0 Å². The van der Waals surface area contributed by atoms with Gasteiger partial charge < -0.3 is 0 Å². The number of sulfonamides is 1. The molecule has 1 aliphatic rings. The number of Topliss-reactive ketones (excluding diaryl/α,β-unsaturated/α-hetero) is 1. The molecule has 1 unspecified atom stereocenters. The fraction of sp³-hybridized carbons (Fsp3) is 0.417. The summed E-state index contributed by atoms with van der Waals surface area (Å²) in [5.74, 6) is -0.0133. The zero-order chi connectivity index (χ0) is 12.5. The molecule has 0 saturated heterocycles. The predicted molar refractivity (Wildman–Crippen MR) is 64.1 cm³/mol. The van der Waals surface area contributed by atoms with E-state index in [-0.39, 0.29) is 10.7 Å². The Labute approximate surface area is 101 Å². The van der Waals surface area contributed by atoms with Crippen LogP contribution in [0.2, 0.25) is 0 Å². The van der Waals surface area contributed by atoms with Crippen LogP contribution in [0, 0.1) is 6.92 Å². The van der Waals surface area contributed by atoms with E-state index in [2.05, 4.69) is 4.72 Å². The topological polar surface area (TPSA) is 63.2 Å². The molecule has 1 aliphatic carbocycles. The molecule has 1 saturated carbocycles. The fourth-order valence-corrected chi connectivity index (χ4v) is 3.17. The van der Waals surface area contributed by atoms with Gasteiger partial charge in [0.05, 0.1) is 10.9 Å². The maximum absolute atomic E-state index is 12.0. The van der Waals surface area contributed by atoms with E-state index in [1.807, 2.05) is 6.92 Å².